The maximum absolute atomic E-state index is 13.7. The molecule has 0 aliphatic carbocycles. The molecule has 20 heavy (non-hydrogen) atoms. The summed E-state index contributed by atoms with van der Waals surface area (Å²) in [4.78, 5) is 10.5. The summed E-state index contributed by atoms with van der Waals surface area (Å²) in [7, 11) is -4.30. The second-order valence-corrected chi connectivity index (χ2v) is 6.61. The summed E-state index contributed by atoms with van der Waals surface area (Å²) in [5, 5.41) is 18.5. The van der Waals surface area contributed by atoms with Gasteiger partial charge >= 0.3 is 5.97 Å². The fourth-order valence-electron chi connectivity index (χ4n) is 2.21. The number of aliphatic carboxylic acids is 1. The number of hydrogen-bond acceptors (Lipinski definition) is 4. The summed E-state index contributed by atoms with van der Waals surface area (Å²) in [6.45, 7) is 1.25. The molecule has 8 heteroatoms. The van der Waals surface area contributed by atoms with Crippen molar-refractivity contribution < 1.29 is 27.8 Å². The van der Waals surface area contributed by atoms with Crippen LogP contribution >= 0.6 is 0 Å². The average Bonchev–Trinajstić information content (AvgIpc) is 2.75. The Hall–Kier alpha value is -1.51. The van der Waals surface area contributed by atoms with Gasteiger partial charge in [-0.2, -0.15) is 4.31 Å². The van der Waals surface area contributed by atoms with Crippen LogP contribution in [0.25, 0.3) is 0 Å². The van der Waals surface area contributed by atoms with Crippen molar-refractivity contribution in [3.8, 4) is 0 Å². The minimum absolute atomic E-state index is 0.206. The number of aliphatic hydroxyl groups excluding tert-OH is 1. The molecule has 0 radical (unpaired) electrons. The van der Waals surface area contributed by atoms with Gasteiger partial charge in [-0.05, 0) is 24.6 Å². The third kappa shape index (κ3) is 2.54. The van der Waals surface area contributed by atoms with Crippen molar-refractivity contribution >= 4 is 16.0 Å². The molecule has 1 fully saturated rings. The number of carboxylic acids is 1. The number of hydrogen-bond donors (Lipinski definition) is 2. The van der Waals surface area contributed by atoms with Gasteiger partial charge in [-0.3, -0.25) is 4.79 Å². The Labute approximate surface area is 115 Å². The minimum atomic E-state index is -4.30. The molecule has 2 N–H and O–H groups in total. The Morgan fingerprint density at radius 1 is 1.45 bits per heavy atom. The molecule has 0 spiro atoms. The van der Waals surface area contributed by atoms with Crippen LogP contribution in [0.4, 0.5) is 4.39 Å². The number of aliphatic hydroxyl groups is 1. The van der Waals surface area contributed by atoms with E-state index in [4.69, 9.17) is 5.11 Å². The average molecular weight is 303 g/mol. The normalized spacial score (nSPS) is 23.9. The molecule has 0 aromatic heterocycles. The Balaban J connectivity index is 2.49. The Kier molecular flexibility index (Phi) is 3.81. The number of benzene rings is 1. The number of halogens is 1. The zero-order valence-corrected chi connectivity index (χ0v) is 11.5. The summed E-state index contributed by atoms with van der Waals surface area (Å²) in [6.07, 6.45) is -1.28. The zero-order chi connectivity index (χ0) is 15.1. The van der Waals surface area contributed by atoms with E-state index in [0.29, 0.717) is 9.87 Å². The van der Waals surface area contributed by atoms with Gasteiger partial charge in [0.2, 0.25) is 10.0 Å². The van der Waals surface area contributed by atoms with Gasteiger partial charge in [0.25, 0.3) is 0 Å². The topological polar surface area (TPSA) is 94.9 Å². The molecule has 0 bridgehead atoms. The van der Waals surface area contributed by atoms with E-state index in [1.807, 2.05) is 0 Å². The van der Waals surface area contributed by atoms with E-state index in [1.54, 1.807) is 6.92 Å². The molecular formula is C12H14FNO5S. The maximum Gasteiger partial charge on any atom is 0.322 e. The van der Waals surface area contributed by atoms with Crippen molar-refractivity contribution in [3.05, 3.63) is 29.6 Å². The Bertz CT molecular complexity index is 645. The molecule has 1 saturated heterocycles. The second-order valence-electron chi connectivity index (χ2n) is 4.75. The third-order valence-corrected chi connectivity index (χ3v) is 5.08. The number of sulfonamides is 1. The van der Waals surface area contributed by atoms with Crippen LogP contribution in [0.3, 0.4) is 0 Å². The van der Waals surface area contributed by atoms with Crippen LogP contribution in [0.15, 0.2) is 23.1 Å². The van der Waals surface area contributed by atoms with Gasteiger partial charge in [-0.1, -0.05) is 6.07 Å². The molecule has 2 atom stereocenters. The number of nitrogens with zero attached hydrogens (tertiary/aromatic N) is 1. The highest BCUT2D eigenvalue weighted by Crippen LogP contribution is 2.28. The van der Waals surface area contributed by atoms with Crippen molar-refractivity contribution in [2.75, 3.05) is 6.54 Å². The zero-order valence-electron chi connectivity index (χ0n) is 10.7. The third-order valence-electron chi connectivity index (χ3n) is 3.19. The number of carbonyl (C=O) groups is 1. The van der Waals surface area contributed by atoms with Crippen LogP contribution in [0.2, 0.25) is 0 Å². The lowest BCUT2D eigenvalue weighted by atomic mass is 10.2. The van der Waals surface area contributed by atoms with E-state index in [0.717, 1.165) is 12.1 Å². The molecule has 1 aliphatic rings. The van der Waals surface area contributed by atoms with E-state index in [2.05, 4.69) is 0 Å². The quantitative estimate of drug-likeness (QED) is 0.840. The summed E-state index contributed by atoms with van der Waals surface area (Å²) < 4.78 is 39.1. The van der Waals surface area contributed by atoms with Crippen LogP contribution in [0, 0.1) is 12.7 Å². The molecule has 0 amide bonds. The fourth-order valence-corrected chi connectivity index (χ4v) is 3.99. The predicted molar refractivity (Wildman–Crippen MR) is 67.1 cm³/mol. The molecule has 2 rings (SSSR count). The predicted octanol–water partition coefficient (Wildman–Crippen LogP) is 0.343. The van der Waals surface area contributed by atoms with Crippen molar-refractivity contribution in [2.45, 2.75) is 30.4 Å². The van der Waals surface area contributed by atoms with Crippen molar-refractivity contribution in [2.24, 2.45) is 0 Å². The first-order valence-electron chi connectivity index (χ1n) is 5.92. The van der Waals surface area contributed by atoms with Crippen molar-refractivity contribution in [1.82, 2.24) is 4.31 Å². The lowest BCUT2D eigenvalue weighted by Gasteiger charge is -2.21. The van der Waals surface area contributed by atoms with Crippen LogP contribution in [-0.4, -0.2) is 47.6 Å². The molecule has 110 valence electrons. The highest BCUT2D eigenvalue weighted by molar-refractivity contribution is 7.89. The molecule has 6 nitrogen and oxygen atoms in total. The van der Waals surface area contributed by atoms with Crippen molar-refractivity contribution in [3.63, 3.8) is 0 Å². The van der Waals surface area contributed by atoms with Gasteiger partial charge in [0.15, 0.2) is 0 Å². The van der Waals surface area contributed by atoms with Gasteiger partial charge in [-0.15, -0.1) is 0 Å². The molecular weight excluding hydrogens is 289 g/mol. The van der Waals surface area contributed by atoms with Crippen LogP contribution < -0.4 is 0 Å². The number of aryl methyl sites for hydroxylation is 1. The van der Waals surface area contributed by atoms with E-state index < -0.39 is 38.9 Å². The Morgan fingerprint density at radius 3 is 2.70 bits per heavy atom. The largest absolute Gasteiger partial charge is 0.480 e. The molecule has 2 unspecified atom stereocenters. The summed E-state index contributed by atoms with van der Waals surface area (Å²) >= 11 is 0. The van der Waals surface area contributed by atoms with Crippen LogP contribution in [0.5, 0.6) is 0 Å². The summed E-state index contributed by atoms with van der Waals surface area (Å²) in [5.41, 5.74) is 0.539. The number of carboxylic acid groups (broad SMARTS) is 1. The Morgan fingerprint density at radius 2 is 2.10 bits per heavy atom. The highest BCUT2D eigenvalue weighted by Gasteiger charge is 2.44. The first-order chi connectivity index (χ1) is 9.23. The first-order valence-corrected chi connectivity index (χ1v) is 7.36. The SMILES string of the molecule is Cc1ccc(F)c(S(=O)(=O)N2CC(O)CC2C(=O)O)c1. The number of rotatable bonds is 3. The summed E-state index contributed by atoms with van der Waals surface area (Å²) in [5.74, 6) is -2.31. The van der Waals surface area contributed by atoms with E-state index >= 15 is 0 Å². The van der Waals surface area contributed by atoms with Gasteiger partial charge < -0.3 is 10.2 Å². The monoisotopic (exact) mass is 303 g/mol. The molecule has 1 aliphatic heterocycles. The molecule has 1 aromatic carbocycles. The highest BCUT2D eigenvalue weighted by atomic mass is 32.2. The standard InChI is InChI=1S/C12H14FNO5S/c1-7-2-3-9(13)11(4-7)20(18,19)14-6-8(15)5-10(14)12(16)17/h2-4,8,10,15H,5-6H2,1H3,(H,16,17). The van der Waals surface area contributed by atoms with Gasteiger partial charge in [0.1, 0.15) is 16.8 Å². The van der Waals surface area contributed by atoms with E-state index in [1.165, 1.54) is 6.07 Å². The van der Waals surface area contributed by atoms with Gasteiger partial charge in [0.05, 0.1) is 6.10 Å². The first kappa shape index (κ1) is 14.9. The smallest absolute Gasteiger partial charge is 0.322 e. The van der Waals surface area contributed by atoms with Gasteiger partial charge in [-0.25, -0.2) is 12.8 Å². The minimum Gasteiger partial charge on any atom is -0.480 e. The van der Waals surface area contributed by atoms with E-state index in [-0.39, 0.29) is 13.0 Å². The summed E-state index contributed by atoms with van der Waals surface area (Å²) in [6, 6.07) is 2.20. The van der Waals surface area contributed by atoms with Crippen LogP contribution in [-0.2, 0) is 14.8 Å². The lowest BCUT2D eigenvalue weighted by Crippen LogP contribution is -2.40. The second kappa shape index (κ2) is 5.12. The molecule has 1 aromatic rings. The fraction of sp³-hybridized carbons (Fsp3) is 0.417. The molecule has 1 heterocycles. The van der Waals surface area contributed by atoms with E-state index in [9.17, 15) is 22.7 Å². The molecule has 0 saturated carbocycles. The van der Waals surface area contributed by atoms with Crippen LogP contribution in [0.1, 0.15) is 12.0 Å². The maximum atomic E-state index is 13.7. The van der Waals surface area contributed by atoms with Gasteiger partial charge in [0, 0.05) is 13.0 Å². The lowest BCUT2D eigenvalue weighted by molar-refractivity contribution is -0.140. The van der Waals surface area contributed by atoms with Crippen molar-refractivity contribution in [1.29, 1.82) is 0 Å². The number of β-amino-alcohol motifs (C(OH)–C–C–N with tert-alkyl or cyclic N) is 1.